The van der Waals surface area contributed by atoms with Gasteiger partial charge in [0, 0.05) is 26.2 Å². The Kier molecular flexibility index (Phi) is 5.60. The number of urea groups is 1. The van der Waals surface area contributed by atoms with Crippen LogP contribution in [0.1, 0.15) is 19.3 Å². The van der Waals surface area contributed by atoms with Crippen LogP contribution in [-0.4, -0.2) is 67.6 Å². The Morgan fingerprint density at radius 1 is 1.40 bits per heavy atom. The van der Waals surface area contributed by atoms with Gasteiger partial charge in [0.25, 0.3) is 0 Å². The molecule has 0 aromatic carbocycles. The highest BCUT2D eigenvalue weighted by Crippen LogP contribution is 2.28. The van der Waals surface area contributed by atoms with Crippen LogP contribution in [0.5, 0.6) is 0 Å². The molecule has 1 heterocycles. The minimum atomic E-state index is -0.911. The highest BCUT2D eigenvalue weighted by atomic mass is 16.5. The first kappa shape index (κ1) is 15.1. The Balaban J connectivity index is 1.59. The van der Waals surface area contributed by atoms with Crippen molar-refractivity contribution < 1.29 is 24.2 Å². The van der Waals surface area contributed by atoms with E-state index in [2.05, 4.69) is 5.32 Å². The molecule has 1 atom stereocenters. The summed E-state index contributed by atoms with van der Waals surface area (Å²) in [6, 6.07) is -0.182. The number of hydrogen-bond acceptors (Lipinski definition) is 4. The lowest BCUT2D eigenvalue weighted by Gasteiger charge is -2.32. The quantitative estimate of drug-likeness (QED) is 0.657. The van der Waals surface area contributed by atoms with Gasteiger partial charge in [-0.05, 0) is 18.8 Å². The molecule has 0 bridgehead atoms. The molecule has 20 heavy (non-hydrogen) atoms. The number of nitrogens with zero attached hydrogens (tertiary/aromatic N) is 1. The van der Waals surface area contributed by atoms with Crippen LogP contribution in [0.2, 0.25) is 0 Å². The van der Waals surface area contributed by atoms with Gasteiger partial charge in [0.05, 0.1) is 25.7 Å². The Hall–Kier alpha value is -1.34. The SMILES string of the molecule is O=C(O)CC1CN(C(=O)NCCOCC2CC2)CCO1. The second-order valence-electron chi connectivity index (χ2n) is 5.29. The molecule has 2 amide bonds. The number of amides is 2. The fraction of sp³-hybridized carbons (Fsp3) is 0.846. The van der Waals surface area contributed by atoms with E-state index in [4.69, 9.17) is 14.6 Å². The Bertz CT molecular complexity index is 346. The summed E-state index contributed by atoms with van der Waals surface area (Å²) in [6.45, 7) is 2.97. The molecule has 0 spiro atoms. The van der Waals surface area contributed by atoms with Crippen molar-refractivity contribution in [1.29, 1.82) is 0 Å². The van der Waals surface area contributed by atoms with Crippen LogP contribution in [0.4, 0.5) is 4.79 Å². The van der Waals surface area contributed by atoms with Crippen LogP contribution in [0, 0.1) is 5.92 Å². The van der Waals surface area contributed by atoms with Crippen molar-refractivity contribution in [2.45, 2.75) is 25.4 Å². The third kappa shape index (κ3) is 5.34. The van der Waals surface area contributed by atoms with Gasteiger partial charge >= 0.3 is 12.0 Å². The number of carboxylic acid groups (broad SMARTS) is 1. The van der Waals surface area contributed by atoms with Gasteiger partial charge in [0.1, 0.15) is 0 Å². The molecule has 1 aliphatic heterocycles. The zero-order chi connectivity index (χ0) is 14.4. The van der Waals surface area contributed by atoms with Crippen LogP contribution in [0.25, 0.3) is 0 Å². The average Bonchev–Trinajstić information content (AvgIpc) is 3.22. The van der Waals surface area contributed by atoms with Gasteiger partial charge in [-0.1, -0.05) is 0 Å². The lowest BCUT2D eigenvalue weighted by atomic mass is 10.2. The minimum absolute atomic E-state index is 0.0751. The average molecular weight is 286 g/mol. The highest BCUT2D eigenvalue weighted by molar-refractivity contribution is 5.74. The fourth-order valence-corrected chi connectivity index (χ4v) is 2.10. The van der Waals surface area contributed by atoms with Crippen molar-refractivity contribution >= 4 is 12.0 Å². The Morgan fingerprint density at radius 3 is 2.90 bits per heavy atom. The van der Waals surface area contributed by atoms with Gasteiger partial charge in [-0.2, -0.15) is 0 Å². The predicted molar refractivity (Wildman–Crippen MR) is 70.5 cm³/mol. The van der Waals surface area contributed by atoms with Gasteiger partial charge in [-0.15, -0.1) is 0 Å². The van der Waals surface area contributed by atoms with Gasteiger partial charge in [0.15, 0.2) is 0 Å². The number of morpholine rings is 1. The Morgan fingerprint density at radius 2 is 2.20 bits per heavy atom. The summed E-state index contributed by atoms with van der Waals surface area (Å²) in [7, 11) is 0. The van der Waals surface area contributed by atoms with Crippen molar-refractivity contribution in [2.24, 2.45) is 5.92 Å². The number of aliphatic carboxylic acids is 1. The molecule has 0 aromatic rings. The molecule has 1 saturated carbocycles. The first-order valence-corrected chi connectivity index (χ1v) is 7.09. The van der Waals surface area contributed by atoms with Crippen molar-refractivity contribution in [3.8, 4) is 0 Å². The van der Waals surface area contributed by atoms with E-state index in [1.54, 1.807) is 4.90 Å². The molecule has 1 unspecified atom stereocenters. The van der Waals surface area contributed by atoms with Crippen molar-refractivity contribution in [3.05, 3.63) is 0 Å². The second kappa shape index (κ2) is 7.44. The molecule has 2 rings (SSSR count). The van der Waals surface area contributed by atoms with Crippen molar-refractivity contribution in [2.75, 3.05) is 39.5 Å². The molecular formula is C13H22N2O5. The predicted octanol–water partition coefficient (Wildman–Crippen LogP) is 0.298. The largest absolute Gasteiger partial charge is 0.481 e. The maximum Gasteiger partial charge on any atom is 0.317 e. The first-order valence-electron chi connectivity index (χ1n) is 7.09. The molecule has 0 aromatic heterocycles. The molecule has 7 heteroatoms. The van der Waals surface area contributed by atoms with E-state index in [0.29, 0.717) is 32.8 Å². The zero-order valence-electron chi connectivity index (χ0n) is 11.5. The number of ether oxygens (including phenoxy) is 2. The molecule has 7 nitrogen and oxygen atoms in total. The van der Waals surface area contributed by atoms with E-state index < -0.39 is 12.1 Å². The topological polar surface area (TPSA) is 88.1 Å². The maximum atomic E-state index is 11.9. The minimum Gasteiger partial charge on any atom is -0.481 e. The molecule has 2 aliphatic rings. The van der Waals surface area contributed by atoms with Gasteiger partial charge in [0.2, 0.25) is 0 Å². The van der Waals surface area contributed by atoms with E-state index in [9.17, 15) is 9.59 Å². The maximum absolute atomic E-state index is 11.9. The normalized spacial score (nSPS) is 22.6. The van der Waals surface area contributed by atoms with Crippen LogP contribution in [0.3, 0.4) is 0 Å². The van der Waals surface area contributed by atoms with E-state index >= 15 is 0 Å². The van der Waals surface area contributed by atoms with E-state index in [-0.39, 0.29) is 12.5 Å². The lowest BCUT2D eigenvalue weighted by Crippen LogP contribution is -2.50. The van der Waals surface area contributed by atoms with Crippen LogP contribution in [0.15, 0.2) is 0 Å². The standard InChI is InChI=1S/C13H22N2O5/c16-12(17)7-11-8-15(4-6-20-11)13(18)14-3-5-19-9-10-1-2-10/h10-11H,1-9H2,(H,14,18)(H,16,17). The van der Waals surface area contributed by atoms with E-state index in [1.807, 2.05) is 0 Å². The number of carbonyl (C=O) groups excluding carboxylic acids is 1. The first-order chi connectivity index (χ1) is 9.65. The lowest BCUT2D eigenvalue weighted by molar-refractivity contribution is -0.141. The zero-order valence-corrected chi connectivity index (χ0v) is 11.5. The van der Waals surface area contributed by atoms with Crippen molar-refractivity contribution in [3.63, 3.8) is 0 Å². The molecule has 2 fully saturated rings. The van der Waals surface area contributed by atoms with Crippen molar-refractivity contribution in [1.82, 2.24) is 10.2 Å². The van der Waals surface area contributed by atoms with Crippen LogP contribution in [-0.2, 0) is 14.3 Å². The summed E-state index contributed by atoms with van der Waals surface area (Å²) in [6.07, 6.45) is 2.02. The van der Waals surface area contributed by atoms with Gasteiger partial charge < -0.3 is 24.8 Å². The number of carboxylic acids is 1. The van der Waals surface area contributed by atoms with Gasteiger partial charge in [-0.3, -0.25) is 4.79 Å². The smallest absolute Gasteiger partial charge is 0.317 e. The summed E-state index contributed by atoms with van der Waals surface area (Å²) in [5, 5.41) is 11.5. The van der Waals surface area contributed by atoms with E-state index in [1.165, 1.54) is 12.8 Å². The van der Waals surface area contributed by atoms with E-state index in [0.717, 1.165) is 12.5 Å². The molecule has 0 radical (unpaired) electrons. The second-order valence-corrected chi connectivity index (χ2v) is 5.29. The summed E-state index contributed by atoms with van der Waals surface area (Å²) < 4.78 is 10.8. The molecule has 1 aliphatic carbocycles. The monoisotopic (exact) mass is 286 g/mol. The Labute approximate surface area is 118 Å². The number of hydrogen-bond donors (Lipinski definition) is 2. The third-order valence-corrected chi connectivity index (χ3v) is 3.40. The summed E-state index contributed by atoms with van der Waals surface area (Å²) in [5.41, 5.74) is 0. The third-order valence-electron chi connectivity index (χ3n) is 3.40. The fourth-order valence-electron chi connectivity index (χ4n) is 2.10. The highest BCUT2D eigenvalue weighted by Gasteiger charge is 2.25. The molecular weight excluding hydrogens is 264 g/mol. The number of carbonyl (C=O) groups is 2. The van der Waals surface area contributed by atoms with Crippen LogP contribution >= 0.6 is 0 Å². The number of rotatable bonds is 7. The molecule has 2 N–H and O–H groups in total. The molecule has 1 saturated heterocycles. The van der Waals surface area contributed by atoms with Crippen LogP contribution < -0.4 is 5.32 Å². The summed E-state index contributed by atoms with van der Waals surface area (Å²) in [4.78, 5) is 24.1. The summed E-state index contributed by atoms with van der Waals surface area (Å²) >= 11 is 0. The number of nitrogens with one attached hydrogen (secondary N) is 1. The van der Waals surface area contributed by atoms with Gasteiger partial charge in [-0.25, -0.2) is 4.79 Å². The summed E-state index contributed by atoms with van der Waals surface area (Å²) in [5.74, 6) is -0.188. The molecule has 114 valence electrons.